The Morgan fingerprint density at radius 1 is 1.22 bits per heavy atom. The first-order valence-corrected chi connectivity index (χ1v) is 8.45. The van der Waals surface area contributed by atoms with Gasteiger partial charge in [0, 0.05) is 18.5 Å². The number of hydrogen-bond acceptors (Lipinski definition) is 5. The number of aryl methyl sites for hydroxylation is 1. The van der Waals surface area contributed by atoms with Crippen molar-refractivity contribution in [1.29, 1.82) is 0 Å². The monoisotopic (exact) mass is 324 g/mol. The summed E-state index contributed by atoms with van der Waals surface area (Å²) in [5, 5.41) is 2.64. The molecule has 0 aliphatic heterocycles. The summed E-state index contributed by atoms with van der Waals surface area (Å²) in [6, 6.07) is 7.85. The van der Waals surface area contributed by atoms with Gasteiger partial charge in [-0.2, -0.15) is 0 Å². The second-order valence-electron chi connectivity index (χ2n) is 5.81. The Morgan fingerprint density at radius 2 is 2.00 bits per heavy atom. The molecule has 1 amide bonds. The minimum absolute atomic E-state index is 0.0560. The van der Waals surface area contributed by atoms with Gasteiger partial charge >= 0.3 is 0 Å². The van der Waals surface area contributed by atoms with Crippen molar-refractivity contribution >= 4 is 27.6 Å². The van der Waals surface area contributed by atoms with E-state index in [1.165, 1.54) is 5.56 Å². The Morgan fingerprint density at radius 3 is 2.74 bits per heavy atom. The van der Waals surface area contributed by atoms with Gasteiger partial charge in [0.25, 0.3) is 5.91 Å². The number of nitrogens with one attached hydrogen (secondary N) is 1. The fourth-order valence-electron chi connectivity index (χ4n) is 3.04. The zero-order valence-corrected chi connectivity index (χ0v) is 13.7. The second kappa shape index (κ2) is 5.38. The molecule has 1 aliphatic rings. The van der Waals surface area contributed by atoms with Gasteiger partial charge in [0.15, 0.2) is 0 Å². The fraction of sp³-hybridized carbons (Fsp3) is 0.294. The number of aromatic nitrogens is 3. The summed E-state index contributed by atoms with van der Waals surface area (Å²) in [5.41, 5.74) is 5.78. The topological polar surface area (TPSA) is 67.8 Å². The van der Waals surface area contributed by atoms with Crippen molar-refractivity contribution in [2.45, 2.75) is 25.2 Å². The average Bonchev–Trinajstić information content (AvgIpc) is 3.23. The van der Waals surface area contributed by atoms with Crippen LogP contribution >= 0.6 is 11.3 Å². The fourth-order valence-corrected chi connectivity index (χ4v) is 3.76. The van der Waals surface area contributed by atoms with Gasteiger partial charge in [-0.05, 0) is 37.0 Å². The predicted octanol–water partition coefficient (Wildman–Crippen LogP) is 3.03. The maximum absolute atomic E-state index is 11.6. The van der Waals surface area contributed by atoms with Crippen LogP contribution in [0.3, 0.4) is 0 Å². The van der Waals surface area contributed by atoms with Gasteiger partial charge in [-0.1, -0.05) is 12.1 Å². The highest BCUT2D eigenvalue weighted by Crippen LogP contribution is 2.55. The van der Waals surface area contributed by atoms with Crippen molar-refractivity contribution < 1.29 is 4.79 Å². The maximum Gasteiger partial charge on any atom is 0.251 e. The van der Waals surface area contributed by atoms with E-state index in [-0.39, 0.29) is 5.91 Å². The van der Waals surface area contributed by atoms with Crippen molar-refractivity contribution in [3.8, 4) is 0 Å². The van der Waals surface area contributed by atoms with Crippen LogP contribution in [0.5, 0.6) is 0 Å². The highest BCUT2D eigenvalue weighted by molar-refractivity contribution is 7.16. The molecule has 2 aromatic heterocycles. The Labute approximate surface area is 137 Å². The van der Waals surface area contributed by atoms with Crippen molar-refractivity contribution in [3.05, 3.63) is 52.4 Å². The largest absolute Gasteiger partial charge is 0.355 e. The molecule has 1 fully saturated rings. The molecule has 0 bridgehead atoms. The summed E-state index contributed by atoms with van der Waals surface area (Å²) in [6.45, 7) is 1.93. The maximum atomic E-state index is 11.6. The van der Waals surface area contributed by atoms with Crippen LogP contribution in [-0.2, 0) is 0 Å². The number of carbonyl (C=O) groups excluding carboxylic acids is 1. The number of carbonyl (C=O) groups is 1. The lowest BCUT2D eigenvalue weighted by molar-refractivity contribution is 0.0963. The van der Waals surface area contributed by atoms with Crippen LogP contribution in [0.4, 0.5) is 0 Å². The predicted molar refractivity (Wildman–Crippen MR) is 89.9 cm³/mol. The van der Waals surface area contributed by atoms with Crippen molar-refractivity contribution in [2.75, 3.05) is 7.05 Å². The lowest BCUT2D eigenvalue weighted by atomic mass is 10.0. The first-order valence-electron chi connectivity index (χ1n) is 7.57. The van der Waals surface area contributed by atoms with Gasteiger partial charge in [0.05, 0.1) is 11.2 Å². The van der Waals surface area contributed by atoms with Crippen molar-refractivity contribution in [2.24, 2.45) is 0 Å². The van der Waals surface area contributed by atoms with Gasteiger partial charge in [0.2, 0.25) is 0 Å². The van der Waals surface area contributed by atoms with E-state index >= 15 is 0 Å². The second-order valence-corrected chi connectivity index (χ2v) is 6.65. The van der Waals surface area contributed by atoms with Crippen LogP contribution in [0.25, 0.3) is 10.3 Å². The Bertz CT molecular complexity index is 887. The van der Waals surface area contributed by atoms with E-state index in [9.17, 15) is 4.79 Å². The molecule has 1 aliphatic carbocycles. The third-order valence-corrected chi connectivity index (χ3v) is 5.03. The first-order chi connectivity index (χ1) is 11.2. The summed E-state index contributed by atoms with van der Waals surface area (Å²) in [5.74, 6) is 1.59. The molecule has 5 nitrogen and oxygen atoms in total. The zero-order valence-electron chi connectivity index (χ0n) is 12.9. The third kappa shape index (κ3) is 2.49. The molecule has 1 aromatic carbocycles. The quantitative estimate of drug-likeness (QED) is 0.804. The molecule has 2 heterocycles. The molecule has 2 atom stereocenters. The Hall–Kier alpha value is -2.34. The molecular formula is C17H16N4OS. The van der Waals surface area contributed by atoms with Crippen molar-refractivity contribution in [1.82, 2.24) is 20.3 Å². The summed E-state index contributed by atoms with van der Waals surface area (Å²) in [6.07, 6.45) is 1.07. The molecule has 1 saturated carbocycles. The highest BCUT2D eigenvalue weighted by atomic mass is 32.1. The smallest absolute Gasteiger partial charge is 0.251 e. The molecule has 2 unspecified atom stereocenters. The van der Waals surface area contributed by atoms with Crippen LogP contribution in [0.1, 0.15) is 45.7 Å². The molecular weight excluding hydrogens is 308 g/mol. The highest BCUT2D eigenvalue weighted by Gasteiger charge is 2.42. The molecule has 0 saturated heterocycles. The standard InChI is InChI=1S/C17H16N4OS/c1-9-20-14(15-17(21-9)23-8-19-15)13-7-12(13)10-3-5-11(6-4-10)16(22)18-2/h3-6,8,12-13H,7H2,1-2H3,(H,18,22). The van der Waals surface area contributed by atoms with Crippen LogP contribution in [0, 0.1) is 6.92 Å². The van der Waals surface area contributed by atoms with E-state index in [1.54, 1.807) is 18.4 Å². The van der Waals surface area contributed by atoms with Crippen LogP contribution in [-0.4, -0.2) is 27.9 Å². The first kappa shape index (κ1) is 14.3. The van der Waals surface area contributed by atoms with Gasteiger partial charge < -0.3 is 5.32 Å². The van der Waals surface area contributed by atoms with E-state index < -0.39 is 0 Å². The molecule has 0 spiro atoms. The lowest BCUT2D eigenvalue weighted by Crippen LogP contribution is -2.17. The van der Waals surface area contributed by atoms with E-state index in [4.69, 9.17) is 0 Å². The van der Waals surface area contributed by atoms with Crippen LogP contribution in [0.15, 0.2) is 29.8 Å². The van der Waals surface area contributed by atoms with E-state index in [0.717, 1.165) is 28.3 Å². The molecule has 0 radical (unpaired) electrons. The molecule has 116 valence electrons. The molecule has 23 heavy (non-hydrogen) atoms. The number of nitrogens with zero attached hydrogens (tertiary/aromatic N) is 3. The summed E-state index contributed by atoms with van der Waals surface area (Å²) < 4.78 is 0. The van der Waals surface area contributed by atoms with Crippen molar-refractivity contribution in [3.63, 3.8) is 0 Å². The van der Waals surface area contributed by atoms with Crippen LogP contribution in [0.2, 0.25) is 0 Å². The van der Waals surface area contributed by atoms with E-state index in [2.05, 4.69) is 20.3 Å². The Balaban J connectivity index is 1.62. The summed E-state index contributed by atoms with van der Waals surface area (Å²) in [4.78, 5) is 26.1. The molecule has 6 heteroatoms. The van der Waals surface area contributed by atoms with Crippen LogP contribution < -0.4 is 5.32 Å². The lowest BCUT2D eigenvalue weighted by Gasteiger charge is -2.04. The summed E-state index contributed by atoms with van der Waals surface area (Å²) >= 11 is 1.56. The number of thiazole rings is 1. The van der Waals surface area contributed by atoms with Gasteiger partial charge in [-0.3, -0.25) is 4.79 Å². The normalized spacial score (nSPS) is 19.7. The minimum atomic E-state index is -0.0560. The SMILES string of the molecule is CNC(=O)c1ccc(C2CC2c2nc(C)nc3scnc23)cc1. The number of hydrogen-bond donors (Lipinski definition) is 1. The average molecular weight is 324 g/mol. The molecule has 4 rings (SSSR count). The van der Waals surface area contributed by atoms with Gasteiger partial charge in [-0.15, -0.1) is 11.3 Å². The zero-order chi connectivity index (χ0) is 16.0. The molecule has 3 aromatic rings. The van der Waals surface area contributed by atoms with Gasteiger partial charge in [0.1, 0.15) is 16.2 Å². The summed E-state index contributed by atoms with van der Waals surface area (Å²) in [7, 11) is 1.64. The van der Waals surface area contributed by atoms with E-state index in [1.807, 2.05) is 36.7 Å². The molecule has 1 N–H and O–H groups in total. The Kier molecular flexibility index (Phi) is 3.34. The van der Waals surface area contributed by atoms with E-state index in [0.29, 0.717) is 17.4 Å². The number of fused-ring (bicyclic) bond motifs is 1. The minimum Gasteiger partial charge on any atom is -0.355 e. The van der Waals surface area contributed by atoms with Gasteiger partial charge in [-0.25, -0.2) is 15.0 Å². The number of benzene rings is 1. The number of rotatable bonds is 3. The third-order valence-electron chi connectivity index (χ3n) is 4.31. The number of amides is 1.